The summed E-state index contributed by atoms with van der Waals surface area (Å²) in [5.41, 5.74) is 2.47. The quantitative estimate of drug-likeness (QED) is 0.845. The molecule has 19 heavy (non-hydrogen) atoms. The number of aliphatic imine (C=N–C) groups is 1. The molecule has 0 atom stereocenters. The summed E-state index contributed by atoms with van der Waals surface area (Å²) < 4.78 is 0. The largest absolute Gasteiger partial charge is 0.320 e. The van der Waals surface area contributed by atoms with E-state index in [-0.39, 0.29) is 5.91 Å². The topological polar surface area (TPSA) is 41.5 Å². The van der Waals surface area contributed by atoms with Gasteiger partial charge in [-0.25, -0.2) is 4.99 Å². The number of hydrogen-bond donors (Lipinski definition) is 1. The third kappa shape index (κ3) is 2.35. The lowest BCUT2D eigenvalue weighted by Gasteiger charge is -1.99. The van der Waals surface area contributed by atoms with Gasteiger partial charge in [-0.15, -0.1) is 0 Å². The van der Waals surface area contributed by atoms with E-state index in [9.17, 15) is 4.79 Å². The van der Waals surface area contributed by atoms with Crippen LogP contribution in [0.4, 0.5) is 11.4 Å². The summed E-state index contributed by atoms with van der Waals surface area (Å²) in [6.07, 6.45) is 0. The second-order valence-electron chi connectivity index (χ2n) is 4.09. The SMILES string of the molecule is O=C1Nc2ccccc2C1=Nc1cc(Cl)cc(Cl)c1. The molecule has 0 fully saturated rings. The highest BCUT2D eigenvalue weighted by Crippen LogP contribution is 2.28. The number of hydrogen-bond acceptors (Lipinski definition) is 2. The summed E-state index contributed by atoms with van der Waals surface area (Å²) in [6.45, 7) is 0. The molecule has 1 heterocycles. The number of para-hydroxylation sites is 1. The van der Waals surface area contributed by atoms with Crippen molar-refractivity contribution >= 4 is 46.2 Å². The first-order valence-electron chi connectivity index (χ1n) is 5.59. The first-order chi connectivity index (χ1) is 9.13. The maximum Gasteiger partial charge on any atom is 0.275 e. The summed E-state index contributed by atoms with van der Waals surface area (Å²) in [4.78, 5) is 16.2. The van der Waals surface area contributed by atoms with Gasteiger partial charge in [-0.05, 0) is 24.3 Å². The van der Waals surface area contributed by atoms with E-state index in [1.807, 2.05) is 24.3 Å². The molecule has 1 amide bonds. The molecule has 0 bridgehead atoms. The third-order valence-electron chi connectivity index (χ3n) is 2.73. The van der Waals surface area contributed by atoms with Gasteiger partial charge in [0.05, 0.1) is 11.4 Å². The van der Waals surface area contributed by atoms with Gasteiger partial charge in [-0.1, -0.05) is 41.4 Å². The van der Waals surface area contributed by atoms with Crippen molar-refractivity contribution in [2.24, 2.45) is 4.99 Å². The summed E-state index contributed by atoms with van der Waals surface area (Å²) in [6, 6.07) is 12.3. The molecule has 0 saturated heterocycles. The highest BCUT2D eigenvalue weighted by molar-refractivity contribution is 6.54. The van der Waals surface area contributed by atoms with E-state index in [4.69, 9.17) is 23.2 Å². The van der Waals surface area contributed by atoms with E-state index in [2.05, 4.69) is 10.3 Å². The molecule has 1 aliphatic heterocycles. The van der Waals surface area contributed by atoms with Gasteiger partial charge in [0.1, 0.15) is 5.71 Å². The molecule has 0 spiro atoms. The average Bonchev–Trinajstić information content (AvgIpc) is 2.65. The Hall–Kier alpha value is -1.84. The van der Waals surface area contributed by atoms with Crippen molar-refractivity contribution in [1.29, 1.82) is 0 Å². The molecule has 2 aromatic rings. The van der Waals surface area contributed by atoms with Crippen LogP contribution >= 0.6 is 23.2 Å². The number of amides is 1. The molecule has 3 rings (SSSR count). The van der Waals surface area contributed by atoms with E-state index < -0.39 is 0 Å². The molecule has 94 valence electrons. The van der Waals surface area contributed by atoms with Crippen LogP contribution < -0.4 is 5.32 Å². The summed E-state index contributed by atoms with van der Waals surface area (Å²) in [7, 11) is 0. The summed E-state index contributed by atoms with van der Waals surface area (Å²) >= 11 is 11.8. The van der Waals surface area contributed by atoms with Crippen LogP contribution in [0.5, 0.6) is 0 Å². The van der Waals surface area contributed by atoms with Crippen LogP contribution in [0, 0.1) is 0 Å². The molecular formula is C14H8Cl2N2O. The molecule has 3 nitrogen and oxygen atoms in total. The Labute approximate surface area is 119 Å². The number of carbonyl (C=O) groups excluding carboxylic acids is 1. The average molecular weight is 291 g/mol. The maximum absolute atomic E-state index is 11.9. The molecule has 2 aromatic carbocycles. The van der Waals surface area contributed by atoms with Gasteiger partial charge in [0.25, 0.3) is 5.91 Å². The van der Waals surface area contributed by atoms with Crippen LogP contribution in [0.3, 0.4) is 0 Å². The number of fused-ring (bicyclic) bond motifs is 1. The van der Waals surface area contributed by atoms with Crippen LogP contribution in [0.1, 0.15) is 5.56 Å². The molecular weight excluding hydrogens is 283 g/mol. The fraction of sp³-hybridized carbons (Fsp3) is 0. The van der Waals surface area contributed by atoms with Crippen LogP contribution in [-0.4, -0.2) is 11.6 Å². The molecule has 0 radical (unpaired) electrons. The predicted octanol–water partition coefficient (Wildman–Crippen LogP) is 4.07. The van der Waals surface area contributed by atoms with E-state index in [1.54, 1.807) is 18.2 Å². The highest BCUT2D eigenvalue weighted by atomic mass is 35.5. The smallest absolute Gasteiger partial charge is 0.275 e. The number of halogens is 2. The van der Waals surface area contributed by atoms with Crippen molar-refractivity contribution in [2.75, 3.05) is 5.32 Å². The molecule has 0 unspecified atom stereocenters. The molecule has 1 aliphatic rings. The minimum atomic E-state index is -0.225. The Morgan fingerprint density at radius 1 is 1.00 bits per heavy atom. The Balaban J connectivity index is 2.11. The Morgan fingerprint density at radius 2 is 1.68 bits per heavy atom. The van der Waals surface area contributed by atoms with Gasteiger partial charge in [0, 0.05) is 15.6 Å². The zero-order chi connectivity index (χ0) is 13.4. The van der Waals surface area contributed by atoms with Gasteiger partial charge in [0.15, 0.2) is 0 Å². The number of benzene rings is 2. The first-order valence-corrected chi connectivity index (χ1v) is 6.34. The Bertz CT molecular complexity index is 690. The second-order valence-corrected chi connectivity index (χ2v) is 4.96. The number of anilines is 1. The van der Waals surface area contributed by atoms with Crippen molar-refractivity contribution in [3.8, 4) is 0 Å². The van der Waals surface area contributed by atoms with Gasteiger partial charge in [-0.2, -0.15) is 0 Å². The van der Waals surface area contributed by atoms with E-state index in [1.165, 1.54) is 0 Å². The summed E-state index contributed by atoms with van der Waals surface area (Å²) in [5.74, 6) is -0.225. The lowest BCUT2D eigenvalue weighted by molar-refractivity contribution is -0.110. The van der Waals surface area contributed by atoms with E-state index in [0.717, 1.165) is 11.3 Å². The predicted molar refractivity (Wildman–Crippen MR) is 77.7 cm³/mol. The third-order valence-corrected chi connectivity index (χ3v) is 3.17. The minimum absolute atomic E-state index is 0.225. The highest BCUT2D eigenvalue weighted by Gasteiger charge is 2.25. The fourth-order valence-electron chi connectivity index (χ4n) is 1.95. The maximum atomic E-state index is 11.9. The van der Waals surface area contributed by atoms with Crippen molar-refractivity contribution in [3.05, 3.63) is 58.1 Å². The Morgan fingerprint density at radius 3 is 2.42 bits per heavy atom. The molecule has 0 saturated carbocycles. The molecule has 1 N–H and O–H groups in total. The van der Waals surface area contributed by atoms with Crippen molar-refractivity contribution in [1.82, 2.24) is 0 Å². The van der Waals surface area contributed by atoms with E-state index in [0.29, 0.717) is 21.4 Å². The van der Waals surface area contributed by atoms with Gasteiger partial charge in [-0.3, -0.25) is 4.79 Å². The normalized spacial score (nSPS) is 15.5. The number of nitrogens with zero attached hydrogens (tertiary/aromatic N) is 1. The first kappa shape index (κ1) is 12.2. The lowest BCUT2D eigenvalue weighted by atomic mass is 10.1. The molecule has 5 heteroatoms. The zero-order valence-electron chi connectivity index (χ0n) is 9.65. The van der Waals surface area contributed by atoms with Crippen LogP contribution in [0.25, 0.3) is 0 Å². The van der Waals surface area contributed by atoms with Crippen LogP contribution in [-0.2, 0) is 4.79 Å². The van der Waals surface area contributed by atoms with Crippen molar-refractivity contribution < 1.29 is 4.79 Å². The van der Waals surface area contributed by atoms with Gasteiger partial charge in [0.2, 0.25) is 0 Å². The molecule has 0 aromatic heterocycles. The number of nitrogens with one attached hydrogen (secondary N) is 1. The standard InChI is InChI=1S/C14H8Cl2N2O/c15-8-5-9(16)7-10(6-8)17-13-11-3-1-2-4-12(11)18-14(13)19/h1-7H,(H,17,18,19). The number of rotatable bonds is 1. The zero-order valence-corrected chi connectivity index (χ0v) is 11.2. The lowest BCUT2D eigenvalue weighted by Crippen LogP contribution is -2.13. The molecule has 0 aliphatic carbocycles. The van der Waals surface area contributed by atoms with Gasteiger partial charge < -0.3 is 5.32 Å². The minimum Gasteiger partial charge on any atom is -0.320 e. The fourth-order valence-corrected chi connectivity index (χ4v) is 2.46. The van der Waals surface area contributed by atoms with Gasteiger partial charge >= 0.3 is 0 Å². The van der Waals surface area contributed by atoms with E-state index >= 15 is 0 Å². The monoisotopic (exact) mass is 290 g/mol. The summed E-state index contributed by atoms with van der Waals surface area (Å²) in [5, 5.41) is 3.73. The van der Waals surface area contributed by atoms with Crippen LogP contribution in [0.15, 0.2) is 47.5 Å². The van der Waals surface area contributed by atoms with Crippen molar-refractivity contribution in [3.63, 3.8) is 0 Å². The Kier molecular flexibility index (Phi) is 3.01. The van der Waals surface area contributed by atoms with Crippen LogP contribution in [0.2, 0.25) is 10.0 Å². The number of carbonyl (C=O) groups is 1. The van der Waals surface area contributed by atoms with Crippen molar-refractivity contribution in [2.45, 2.75) is 0 Å². The second kappa shape index (κ2) is 4.68.